The second-order valence-electron chi connectivity index (χ2n) is 3.25. The summed E-state index contributed by atoms with van der Waals surface area (Å²) in [6.45, 7) is 2.42. The number of hydrogen-bond donors (Lipinski definition) is 3. The first kappa shape index (κ1) is 12.2. The van der Waals surface area contributed by atoms with E-state index in [0.717, 1.165) is 12.8 Å². The second-order valence-corrected chi connectivity index (χ2v) is 4.04. The number of aliphatic hydroxyl groups excluding tert-OH is 1. The van der Waals surface area contributed by atoms with Crippen LogP contribution in [0.2, 0.25) is 0 Å². The molecule has 0 saturated heterocycles. The largest absolute Gasteiger partial charge is 0.391 e. The maximum absolute atomic E-state index is 11.1. The quantitative estimate of drug-likeness (QED) is 0.752. The SMILES string of the molecule is CCCC(O)CNc1cn[nH]c(=O)c1Br. The highest BCUT2D eigenvalue weighted by Crippen LogP contribution is 2.15. The van der Waals surface area contributed by atoms with Crippen LogP contribution in [0.4, 0.5) is 5.69 Å². The summed E-state index contributed by atoms with van der Waals surface area (Å²) in [5.41, 5.74) is 0.305. The molecule has 1 atom stereocenters. The van der Waals surface area contributed by atoms with Crippen molar-refractivity contribution in [3.05, 3.63) is 21.0 Å². The molecule has 6 heteroatoms. The number of nitrogens with zero attached hydrogens (tertiary/aromatic N) is 1. The van der Waals surface area contributed by atoms with Crippen LogP contribution in [0.1, 0.15) is 19.8 Å². The van der Waals surface area contributed by atoms with Crippen LogP contribution in [0.25, 0.3) is 0 Å². The summed E-state index contributed by atoms with van der Waals surface area (Å²) in [5, 5.41) is 18.4. The first-order valence-corrected chi connectivity index (χ1v) is 5.59. The van der Waals surface area contributed by atoms with E-state index >= 15 is 0 Å². The molecule has 1 rings (SSSR count). The number of anilines is 1. The Bertz CT molecular complexity index is 367. The Morgan fingerprint density at radius 1 is 1.73 bits per heavy atom. The van der Waals surface area contributed by atoms with E-state index in [1.54, 1.807) is 0 Å². The fourth-order valence-electron chi connectivity index (χ4n) is 1.17. The molecule has 0 aliphatic heterocycles. The lowest BCUT2D eigenvalue weighted by molar-refractivity contribution is 0.176. The van der Waals surface area contributed by atoms with E-state index in [0.29, 0.717) is 16.7 Å². The van der Waals surface area contributed by atoms with E-state index in [-0.39, 0.29) is 5.56 Å². The highest BCUT2D eigenvalue weighted by Gasteiger charge is 2.06. The number of aromatic nitrogens is 2. The monoisotopic (exact) mass is 275 g/mol. The van der Waals surface area contributed by atoms with Gasteiger partial charge in [0.1, 0.15) is 4.47 Å². The van der Waals surface area contributed by atoms with Crippen molar-refractivity contribution in [1.82, 2.24) is 10.2 Å². The van der Waals surface area contributed by atoms with Gasteiger partial charge in [-0.25, -0.2) is 5.10 Å². The number of rotatable bonds is 5. The zero-order chi connectivity index (χ0) is 11.3. The number of aromatic amines is 1. The number of hydrogen-bond acceptors (Lipinski definition) is 4. The molecule has 0 aromatic carbocycles. The molecule has 0 spiro atoms. The van der Waals surface area contributed by atoms with Gasteiger partial charge in [-0.2, -0.15) is 5.10 Å². The lowest BCUT2D eigenvalue weighted by Gasteiger charge is -2.11. The van der Waals surface area contributed by atoms with Crippen molar-refractivity contribution < 1.29 is 5.11 Å². The topological polar surface area (TPSA) is 78.0 Å². The zero-order valence-corrected chi connectivity index (χ0v) is 10.0. The van der Waals surface area contributed by atoms with E-state index in [1.165, 1.54) is 6.20 Å². The first-order chi connectivity index (χ1) is 7.15. The molecule has 1 heterocycles. The molecule has 1 unspecified atom stereocenters. The van der Waals surface area contributed by atoms with Gasteiger partial charge >= 0.3 is 0 Å². The predicted octanol–water partition coefficient (Wildman–Crippen LogP) is 1.11. The van der Waals surface area contributed by atoms with Crippen molar-refractivity contribution in [2.45, 2.75) is 25.9 Å². The normalized spacial score (nSPS) is 12.5. The Balaban J connectivity index is 2.58. The third kappa shape index (κ3) is 3.64. The average molecular weight is 276 g/mol. The molecule has 1 aromatic rings. The smallest absolute Gasteiger partial charge is 0.280 e. The van der Waals surface area contributed by atoms with Gasteiger partial charge in [-0.1, -0.05) is 13.3 Å². The molecule has 0 aliphatic rings. The maximum atomic E-state index is 11.1. The Hall–Kier alpha value is -0.880. The summed E-state index contributed by atoms with van der Waals surface area (Å²) in [4.78, 5) is 11.1. The molecule has 5 nitrogen and oxygen atoms in total. The lowest BCUT2D eigenvalue weighted by Crippen LogP contribution is -2.21. The first-order valence-electron chi connectivity index (χ1n) is 4.80. The van der Waals surface area contributed by atoms with Gasteiger partial charge in [0.15, 0.2) is 0 Å². The summed E-state index contributed by atoms with van der Waals surface area (Å²) in [5.74, 6) is 0. The molecule has 0 radical (unpaired) electrons. The molecule has 0 bridgehead atoms. The van der Waals surface area contributed by atoms with Gasteiger partial charge < -0.3 is 10.4 Å². The minimum absolute atomic E-state index is 0.287. The molecule has 0 saturated carbocycles. The molecule has 3 N–H and O–H groups in total. The van der Waals surface area contributed by atoms with Gasteiger partial charge in [0, 0.05) is 6.54 Å². The van der Waals surface area contributed by atoms with Crippen LogP contribution < -0.4 is 10.9 Å². The Morgan fingerprint density at radius 3 is 3.13 bits per heavy atom. The number of H-pyrrole nitrogens is 1. The van der Waals surface area contributed by atoms with E-state index in [9.17, 15) is 9.90 Å². The van der Waals surface area contributed by atoms with Gasteiger partial charge in [-0.05, 0) is 22.4 Å². The van der Waals surface area contributed by atoms with E-state index in [4.69, 9.17) is 0 Å². The van der Waals surface area contributed by atoms with Gasteiger partial charge in [0.2, 0.25) is 0 Å². The molecule has 0 amide bonds. The maximum Gasteiger partial charge on any atom is 0.280 e. The molecular weight excluding hydrogens is 262 g/mol. The van der Waals surface area contributed by atoms with Crippen LogP contribution in [0, 0.1) is 0 Å². The third-order valence-corrected chi connectivity index (χ3v) is 2.73. The van der Waals surface area contributed by atoms with E-state index in [2.05, 4.69) is 31.4 Å². The van der Waals surface area contributed by atoms with Crippen LogP contribution >= 0.6 is 15.9 Å². The molecule has 0 fully saturated rings. The van der Waals surface area contributed by atoms with Gasteiger partial charge in [0.25, 0.3) is 5.56 Å². The zero-order valence-electron chi connectivity index (χ0n) is 8.46. The predicted molar refractivity (Wildman–Crippen MR) is 62.0 cm³/mol. The lowest BCUT2D eigenvalue weighted by atomic mass is 10.2. The van der Waals surface area contributed by atoms with Crippen molar-refractivity contribution in [2.75, 3.05) is 11.9 Å². The highest BCUT2D eigenvalue weighted by molar-refractivity contribution is 9.10. The molecular formula is C9H14BrN3O2. The summed E-state index contributed by atoms with van der Waals surface area (Å²) in [7, 11) is 0. The van der Waals surface area contributed by atoms with Crippen LogP contribution in [0.3, 0.4) is 0 Å². The summed E-state index contributed by atoms with van der Waals surface area (Å²) >= 11 is 3.14. The minimum Gasteiger partial charge on any atom is -0.391 e. The van der Waals surface area contributed by atoms with Crippen LogP contribution in [-0.4, -0.2) is 28.0 Å². The van der Waals surface area contributed by atoms with Crippen molar-refractivity contribution in [1.29, 1.82) is 0 Å². The van der Waals surface area contributed by atoms with Crippen molar-refractivity contribution in [3.63, 3.8) is 0 Å². The van der Waals surface area contributed by atoms with Crippen molar-refractivity contribution in [3.8, 4) is 0 Å². The average Bonchev–Trinajstić information content (AvgIpc) is 2.21. The van der Waals surface area contributed by atoms with Crippen LogP contribution in [0.5, 0.6) is 0 Å². The van der Waals surface area contributed by atoms with Crippen LogP contribution in [0.15, 0.2) is 15.5 Å². The summed E-state index contributed by atoms with van der Waals surface area (Å²) in [6, 6.07) is 0. The third-order valence-electron chi connectivity index (χ3n) is 1.95. The van der Waals surface area contributed by atoms with Crippen molar-refractivity contribution in [2.24, 2.45) is 0 Å². The highest BCUT2D eigenvalue weighted by atomic mass is 79.9. The molecule has 1 aromatic heterocycles. The molecule has 84 valence electrons. The van der Waals surface area contributed by atoms with Crippen molar-refractivity contribution >= 4 is 21.6 Å². The summed E-state index contributed by atoms with van der Waals surface area (Å²) in [6.07, 6.45) is 2.77. The molecule has 15 heavy (non-hydrogen) atoms. The number of nitrogens with one attached hydrogen (secondary N) is 2. The Labute approximate surface area is 96.0 Å². The fourth-order valence-corrected chi connectivity index (χ4v) is 1.50. The van der Waals surface area contributed by atoms with Crippen LogP contribution in [-0.2, 0) is 0 Å². The minimum atomic E-state index is -0.402. The van der Waals surface area contributed by atoms with Gasteiger partial charge in [-0.3, -0.25) is 4.79 Å². The molecule has 0 aliphatic carbocycles. The van der Waals surface area contributed by atoms with E-state index < -0.39 is 6.10 Å². The standard InChI is InChI=1S/C9H14BrN3O2/c1-2-3-6(14)4-11-7-5-12-13-9(15)8(7)10/h5-6,14H,2-4H2,1H3,(H2,11,13,15). The fraction of sp³-hybridized carbons (Fsp3) is 0.556. The van der Waals surface area contributed by atoms with Gasteiger partial charge in [-0.15, -0.1) is 0 Å². The summed E-state index contributed by atoms with van der Waals surface area (Å²) < 4.78 is 0.404. The number of aliphatic hydroxyl groups is 1. The van der Waals surface area contributed by atoms with E-state index in [1.807, 2.05) is 6.92 Å². The second kappa shape index (κ2) is 5.87. The number of halogens is 1. The van der Waals surface area contributed by atoms with Gasteiger partial charge in [0.05, 0.1) is 18.0 Å². The Morgan fingerprint density at radius 2 is 2.47 bits per heavy atom. The Kier molecular flexibility index (Phi) is 4.77.